The molecule has 3 rings (SSSR count). The van der Waals surface area contributed by atoms with Gasteiger partial charge >= 0.3 is 0 Å². The minimum Gasteiger partial charge on any atom is -0.321 e. The SMILES string of the molecule is NN=C1NNc2cccc3cccc1c23. The molecule has 74 valence electrons. The number of rotatable bonds is 0. The summed E-state index contributed by atoms with van der Waals surface area (Å²) >= 11 is 0. The highest BCUT2D eigenvalue weighted by Gasteiger charge is 2.15. The molecule has 0 radical (unpaired) electrons. The highest BCUT2D eigenvalue weighted by atomic mass is 15.4. The van der Waals surface area contributed by atoms with Gasteiger partial charge in [-0.1, -0.05) is 30.3 Å². The zero-order chi connectivity index (χ0) is 10.3. The molecule has 0 spiro atoms. The maximum atomic E-state index is 5.32. The predicted octanol–water partition coefficient (Wildman–Crippen LogP) is 1.39. The molecule has 1 aliphatic heterocycles. The third-order valence-electron chi connectivity index (χ3n) is 2.60. The van der Waals surface area contributed by atoms with Gasteiger partial charge in [0.1, 0.15) is 0 Å². The number of anilines is 1. The van der Waals surface area contributed by atoms with E-state index < -0.39 is 0 Å². The lowest BCUT2D eigenvalue weighted by atomic mass is 10.0. The van der Waals surface area contributed by atoms with Crippen molar-refractivity contribution in [3.05, 3.63) is 42.0 Å². The molecule has 4 heteroatoms. The molecule has 0 bridgehead atoms. The number of hydrazine groups is 1. The number of nitrogens with zero attached hydrogens (tertiary/aromatic N) is 1. The summed E-state index contributed by atoms with van der Waals surface area (Å²) in [7, 11) is 0. The summed E-state index contributed by atoms with van der Waals surface area (Å²) in [6.07, 6.45) is 0. The summed E-state index contributed by atoms with van der Waals surface area (Å²) in [6, 6.07) is 12.2. The Morgan fingerprint density at radius 2 is 1.80 bits per heavy atom. The van der Waals surface area contributed by atoms with Crippen molar-refractivity contribution in [1.82, 2.24) is 5.43 Å². The first-order valence-corrected chi connectivity index (χ1v) is 4.72. The van der Waals surface area contributed by atoms with Crippen molar-refractivity contribution in [2.45, 2.75) is 0 Å². The predicted molar refractivity (Wildman–Crippen MR) is 61.4 cm³/mol. The zero-order valence-corrected chi connectivity index (χ0v) is 7.99. The number of hydrogen-bond donors (Lipinski definition) is 3. The molecule has 0 unspecified atom stereocenters. The summed E-state index contributed by atoms with van der Waals surface area (Å²) in [5, 5.41) is 6.05. The Bertz CT molecular complexity index is 554. The van der Waals surface area contributed by atoms with E-state index in [1.807, 2.05) is 24.3 Å². The van der Waals surface area contributed by atoms with Crippen LogP contribution in [0.5, 0.6) is 0 Å². The van der Waals surface area contributed by atoms with E-state index in [-0.39, 0.29) is 0 Å². The van der Waals surface area contributed by atoms with Gasteiger partial charge in [-0.25, -0.2) is 0 Å². The first kappa shape index (κ1) is 8.11. The maximum Gasteiger partial charge on any atom is 0.172 e. The van der Waals surface area contributed by atoms with E-state index in [4.69, 9.17) is 5.84 Å². The number of nitrogens with one attached hydrogen (secondary N) is 2. The van der Waals surface area contributed by atoms with Crippen molar-refractivity contribution in [3.63, 3.8) is 0 Å². The molecule has 1 aliphatic rings. The largest absolute Gasteiger partial charge is 0.321 e. The van der Waals surface area contributed by atoms with Gasteiger partial charge < -0.3 is 5.84 Å². The smallest absolute Gasteiger partial charge is 0.172 e. The van der Waals surface area contributed by atoms with Crippen molar-refractivity contribution in [3.8, 4) is 0 Å². The van der Waals surface area contributed by atoms with E-state index in [1.54, 1.807) is 0 Å². The van der Waals surface area contributed by atoms with Gasteiger partial charge in [-0.15, -0.1) is 0 Å². The molecule has 0 fully saturated rings. The Labute approximate surface area is 86.7 Å². The fraction of sp³-hybridized carbons (Fsp3) is 0. The third kappa shape index (κ3) is 1.05. The van der Waals surface area contributed by atoms with Gasteiger partial charge in [0.05, 0.1) is 5.69 Å². The van der Waals surface area contributed by atoms with Crippen LogP contribution in [-0.2, 0) is 0 Å². The first-order chi connectivity index (χ1) is 7.40. The van der Waals surface area contributed by atoms with Crippen LogP contribution in [0.25, 0.3) is 10.8 Å². The summed E-state index contributed by atoms with van der Waals surface area (Å²) < 4.78 is 0. The molecule has 4 nitrogen and oxygen atoms in total. The third-order valence-corrected chi connectivity index (χ3v) is 2.60. The molecule has 0 atom stereocenters. The molecule has 2 aromatic rings. The van der Waals surface area contributed by atoms with E-state index in [0.29, 0.717) is 5.84 Å². The summed E-state index contributed by atoms with van der Waals surface area (Å²) in [5.41, 5.74) is 8.11. The standard InChI is InChI=1S/C11H10N4/c12-13-11-8-5-1-3-7-4-2-6-9(10(7)8)14-15-11/h1-6,14H,12H2,(H,13,15). The average molecular weight is 198 g/mol. The van der Waals surface area contributed by atoms with Crippen LogP contribution >= 0.6 is 0 Å². The van der Waals surface area contributed by atoms with Gasteiger partial charge in [0, 0.05) is 10.9 Å². The fourth-order valence-corrected chi connectivity index (χ4v) is 1.94. The number of hydrazone groups is 1. The monoisotopic (exact) mass is 198 g/mol. The molecule has 1 heterocycles. The quantitative estimate of drug-likeness (QED) is 0.443. The van der Waals surface area contributed by atoms with E-state index in [0.717, 1.165) is 16.6 Å². The Balaban J connectivity index is 2.46. The van der Waals surface area contributed by atoms with Crippen LogP contribution in [0.2, 0.25) is 0 Å². The van der Waals surface area contributed by atoms with Gasteiger partial charge in [0.2, 0.25) is 0 Å². The molecule has 0 amide bonds. The van der Waals surface area contributed by atoms with E-state index >= 15 is 0 Å². The van der Waals surface area contributed by atoms with Crippen molar-refractivity contribution < 1.29 is 0 Å². The second kappa shape index (κ2) is 2.88. The highest BCUT2D eigenvalue weighted by molar-refractivity contribution is 6.16. The molecule has 2 aromatic carbocycles. The van der Waals surface area contributed by atoms with Crippen molar-refractivity contribution in [1.29, 1.82) is 0 Å². The van der Waals surface area contributed by atoms with Gasteiger partial charge in [-0.2, -0.15) is 5.10 Å². The maximum absolute atomic E-state index is 5.32. The number of amidine groups is 1. The Morgan fingerprint density at radius 1 is 1.00 bits per heavy atom. The molecule has 0 saturated heterocycles. The molecule has 0 aromatic heterocycles. The second-order valence-electron chi connectivity index (χ2n) is 3.44. The van der Waals surface area contributed by atoms with Crippen molar-refractivity contribution in [2.24, 2.45) is 10.9 Å². The zero-order valence-electron chi connectivity index (χ0n) is 7.99. The molecular formula is C11H10N4. The van der Waals surface area contributed by atoms with Gasteiger partial charge in [-0.3, -0.25) is 10.9 Å². The number of hydrogen-bond acceptors (Lipinski definition) is 3. The van der Waals surface area contributed by atoms with Crippen LogP contribution < -0.4 is 16.7 Å². The average Bonchev–Trinajstić information content (AvgIpc) is 2.30. The molecule has 4 N–H and O–H groups in total. The topological polar surface area (TPSA) is 62.4 Å². The first-order valence-electron chi connectivity index (χ1n) is 4.72. The second-order valence-corrected chi connectivity index (χ2v) is 3.44. The number of nitrogens with two attached hydrogens (primary N) is 1. The molecule has 0 saturated carbocycles. The molecule has 15 heavy (non-hydrogen) atoms. The summed E-state index contributed by atoms with van der Waals surface area (Å²) in [6.45, 7) is 0. The summed E-state index contributed by atoms with van der Waals surface area (Å²) in [4.78, 5) is 0. The number of benzene rings is 2. The minimum absolute atomic E-state index is 0.666. The lowest BCUT2D eigenvalue weighted by Gasteiger charge is -2.21. The Kier molecular flexibility index (Phi) is 1.56. The normalized spacial score (nSPS) is 16.1. The van der Waals surface area contributed by atoms with Crippen LogP contribution in [0.4, 0.5) is 5.69 Å². The van der Waals surface area contributed by atoms with Crippen LogP contribution in [0.15, 0.2) is 41.5 Å². The molecular weight excluding hydrogens is 188 g/mol. The molecule has 0 aliphatic carbocycles. The Morgan fingerprint density at radius 3 is 2.60 bits per heavy atom. The van der Waals surface area contributed by atoms with Crippen LogP contribution in [0.3, 0.4) is 0 Å². The van der Waals surface area contributed by atoms with E-state index in [2.05, 4.69) is 28.1 Å². The summed E-state index contributed by atoms with van der Waals surface area (Å²) in [5.74, 6) is 5.99. The van der Waals surface area contributed by atoms with Gasteiger partial charge in [0.25, 0.3) is 0 Å². The lowest BCUT2D eigenvalue weighted by Crippen LogP contribution is -2.34. The van der Waals surface area contributed by atoms with Crippen molar-refractivity contribution in [2.75, 3.05) is 5.43 Å². The Hall–Kier alpha value is -2.23. The highest BCUT2D eigenvalue weighted by Crippen LogP contribution is 2.28. The van der Waals surface area contributed by atoms with Gasteiger partial charge in [0.15, 0.2) is 5.84 Å². The van der Waals surface area contributed by atoms with Crippen LogP contribution in [0.1, 0.15) is 5.56 Å². The lowest BCUT2D eigenvalue weighted by molar-refractivity contribution is 1.07. The van der Waals surface area contributed by atoms with Crippen LogP contribution in [0, 0.1) is 0 Å². The van der Waals surface area contributed by atoms with Crippen molar-refractivity contribution >= 4 is 22.3 Å². The van der Waals surface area contributed by atoms with E-state index in [1.165, 1.54) is 5.39 Å². The van der Waals surface area contributed by atoms with Gasteiger partial charge in [-0.05, 0) is 11.5 Å². The van der Waals surface area contributed by atoms with Crippen LogP contribution in [-0.4, -0.2) is 5.84 Å². The fourth-order valence-electron chi connectivity index (χ4n) is 1.94. The van der Waals surface area contributed by atoms with E-state index in [9.17, 15) is 0 Å². The minimum atomic E-state index is 0.666.